The number of ether oxygens (including phenoxy) is 1. The number of carbonyl (C=O) groups is 2. The third-order valence-electron chi connectivity index (χ3n) is 6.47. The summed E-state index contributed by atoms with van der Waals surface area (Å²) in [6.45, 7) is 16.9. The summed E-state index contributed by atoms with van der Waals surface area (Å²) >= 11 is 6.74. The Morgan fingerprint density at radius 2 is 1.49 bits per heavy atom. The summed E-state index contributed by atoms with van der Waals surface area (Å²) in [5, 5.41) is -0.894. The van der Waals surface area contributed by atoms with Crippen LogP contribution in [0.4, 0.5) is 0 Å². The molecular weight excluding hydrogens is 502 g/mol. The minimum Gasteiger partial charge on any atom is -0.457 e. The van der Waals surface area contributed by atoms with Gasteiger partial charge in [0.05, 0.1) is 12.6 Å². The molecule has 2 atom stereocenters. The third kappa shape index (κ3) is 9.76. The summed E-state index contributed by atoms with van der Waals surface area (Å²) in [5.74, 6) is -0.725. The van der Waals surface area contributed by atoms with Gasteiger partial charge in [0.1, 0.15) is 11.0 Å². The van der Waals surface area contributed by atoms with Crippen molar-refractivity contribution >= 4 is 31.8 Å². The molecule has 0 fully saturated rings. The molecule has 0 radical (unpaired) electrons. The second kappa shape index (κ2) is 12.9. The zero-order valence-corrected chi connectivity index (χ0v) is 25.2. The molecule has 7 heteroatoms. The monoisotopic (exact) mass is 543 g/mol. The maximum absolute atomic E-state index is 13.9. The minimum absolute atomic E-state index is 0.0141. The number of benzene rings is 2. The van der Waals surface area contributed by atoms with Gasteiger partial charge in [0.2, 0.25) is 5.91 Å². The van der Waals surface area contributed by atoms with E-state index in [1.807, 2.05) is 81.4 Å². The first-order chi connectivity index (χ1) is 17.1. The number of amides is 1. The zero-order valence-electron chi connectivity index (χ0n) is 23.5. The summed E-state index contributed by atoms with van der Waals surface area (Å²) in [6.07, 6.45) is 3.10. The molecule has 37 heavy (non-hydrogen) atoms. The second-order valence-corrected chi connectivity index (χ2v) is 17.0. The predicted octanol–water partition coefficient (Wildman–Crippen LogP) is 7.28. The molecular formula is C30H42ClNO4Si. The van der Waals surface area contributed by atoms with Gasteiger partial charge in [0.15, 0.2) is 8.32 Å². The highest BCUT2D eigenvalue weighted by Crippen LogP contribution is 2.37. The minimum atomic E-state index is -2.15. The smallest absolute Gasteiger partial charge is 0.331 e. The van der Waals surface area contributed by atoms with E-state index in [9.17, 15) is 9.59 Å². The molecule has 202 valence electrons. The van der Waals surface area contributed by atoms with Gasteiger partial charge in [-0.15, -0.1) is 11.6 Å². The highest BCUT2D eigenvalue weighted by molar-refractivity contribution is 6.74. The van der Waals surface area contributed by atoms with Crippen LogP contribution in [-0.2, 0) is 25.3 Å². The van der Waals surface area contributed by atoms with Crippen molar-refractivity contribution in [1.29, 1.82) is 0 Å². The molecule has 5 nitrogen and oxygen atoms in total. The average molecular weight is 544 g/mol. The summed E-state index contributed by atoms with van der Waals surface area (Å²) in [6, 6.07) is 18.5. The topological polar surface area (TPSA) is 55.8 Å². The van der Waals surface area contributed by atoms with Gasteiger partial charge >= 0.3 is 5.97 Å². The van der Waals surface area contributed by atoms with E-state index in [0.717, 1.165) is 5.56 Å². The van der Waals surface area contributed by atoms with Crippen LogP contribution in [0.15, 0.2) is 72.8 Å². The lowest BCUT2D eigenvalue weighted by Crippen LogP contribution is -2.48. The lowest BCUT2D eigenvalue weighted by atomic mass is 10.1. The van der Waals surface area contributed by atoms with Crippen LogP contribution in [0.1, 0.15) is 58.0 Å². The Morgan fingerprint density at radius 1 is 0.946 bits per heavy atom. The van der Waals surface area contributed by atoms with Crippen LogP contribution in [-0.4, -0.2) is 43.3 Å². The van der Waals surface area contributed by atoms with E-state index < -0.39 is 31.3 Å². The summed E-state index contributed by atoms with van der Waals surface area (Å²) in [7, 11) is -2.15. The fourth-order valence-electron chi connectivity index (χ4n) is 3.33. The Kier molecular flexibility index (Phi) is 10.7. The van der Waals surface area contributed by atoms with E-state index in [2.05, 4.69) is 33.9 Å². The molecule has 2 unspecified atom stereocenters. The second-order valence-electron chi connectivity index (χ2n) is 11.8. The number of esters is 1. The molecule has 0 bridgehead atoms. The Bertz CT molecular complexity index is 1040. The van der Waals surface area contributed by atoms with Crippen LogP contribution < -0.4 is 0 Å². The molecule has 0 aliphatic heterocycles. The van der Waals surface area contributed by atoms with E-state index in [1.165, 1.54) is 6.08 Å². The lowest BCUT2D eigenvalue weighted by Gasteiger charge is -2.39. The number of alkyl halides is 1. The van der Waals surface area contributed by atoms with Gasteiger partial charge in [-0.25, -0.2) is 4.79 Å². The first-order valence-corrected chi connectivity index (χ1v) is 16.0. The molecule has 0 aromatic heterocycles. The third-order valence-corrected chi connectivity index (χ3v) is 11.4. The fraction of sp³-hybridized carbons (Fsp3) is 0.467. The van der Waals surface area contributed by atoms with E-state index >= 15 is 0 Å². The number of hydrogen-bond donors (Lipinski definition) is 0. The maximum atomic E-state index is 13.9. The molecule has 0 aliphatic carbocycles. The van der Waals surface area contributed by atoms with Crippen molar-refractivity contribution < 1.29 is 18.8 Å². The molecule has 0 spiro atoms. The van der Waals surface area contributed by atoms with Crippen molar-refractivity contribution in [3.63, 3.8) is 0 Å². The number of carbonyl (C=O) groups excluding carboxylic acids is 2. The first kappa shape index (κ1) is 30.8. The van der Waals surface area contributed by atoms with E-state index in [-0.39, 0.29) is 17.6 Å². The Balaban J connectivity index is 2.47. The Labute approximate surface area is 228 Å². The number of hydrogen-bond acceptors (Lipinski definition) is 4. The lowest BCUT2D eigenvalue weighted by molar-refractivity contribution is -0.148. The standard InChI is InChI=1S/C30H42ClNO4Si/c1-29(2,3)36-26(33)20-19-25(22-35-37(7,8)30(4,5)6)32(21-23-15-11-9-12-16-23)28(34)27(31)24-17-13-10-14-18-24/h9-20,25,27H,21-22H2,1-8H3/b20-19+. The van der Waals surface area contributed by atoms with E-state index in [4.69, 9.17) is 20.8 Å². The van der Waals surface area contributed by atoms with Gasteiger partial charge in [-0.1, -0.05) is 87.5 Å². The van der Waals surface area contributed by atoms with Gasteiger partial charge < -0.3 is 14.1 Å². The molecule has 2 rings (SSSR count). The van der Waals surface area contributed by atoms with Crippen LogP contribution in [0.2, 0.25) is 18.1 Å². The predicted molar refractivity (Wildman–Crippen MR) is 154 cm³/mol. The van der Waals surface area contributed by atoms with Crippen molar-refractivity contribution in [1.82, 2.24) is 4.90 Å². The summed E-state index contributed by atoms with van der Waals surface area (Å²) in [5.41, 5.74) is 1.05. The molecule has 1 amide bonds. The molecule has 0 N–H and O–H groups in total. The average Bonchev–Trinajstić information content (AvgIpc) is 2.81. The summed E-state index contributed by atoms with van der Waals surface area (Å²) in [4.78, 5) is 28.1. The van der Waals surface area contributed by atoms with Gasteiger partial charge in [-0.3, -0.25) is 4.79 Å². The van der Waals surface area contributed by atoms with Gasteiger partial charge in [0, 0.05) is 12.6 Å². The van der Waals surface area contributed by atoms with Crippen molar-refractivity contribution in [3.05, 3.63) is 83.9 Å². The number of rotatable bonds is 10. The van der Waals surface area contributed by atoms with Crippen LogP contribution in [0.3, 0.4) is 0 Å². The molecule has 2 aromatic rings. The van der Waals surface area contributed by atoms with E-state index in [1.54, 1.807) is 11.0 Å². The van der Waals surface area contributed by atoms with Crippen molar-refractivity contribution in [2.45, 2.75) is 83.2 Å². The molecule has 2 aromatic carbocycles. The first-order valence-electron chi connectivity index (χ1n) is 12.7. The van der Waals surface area contributed by atoms with Crippen LogP contribution in [0.5, 0.6) is 0 Å². The van der Waals surface area contributed by atoms with Crippen molar-refractivity contribution in [3.8, 4) is 0 Å². The van der Waals surface area contributed by atoms with Crippen molar-refractivity contribution in [2.24, 2.45) is 0 Å². The quantitative estimate of drug-likeness (QED) is 0.137. The normalized spacial score (nSPS) is 14.3. The van der Waals surface area contributed by atoms with Gasteiger partial charge in [0.25, 0.3) is 0 Å². The van der Waals surface area contributed by atoms with Gasteiger partial charge in [-0.05, 0) is 50.0 Å². The van der Waals surface area contributed by atoms with Crippen LogP contribution in [0, 0.1) is 0 Å². The van der Waals surface area contributed by atoms with Crippen LogP contribution in [0.25, 0.3) is 0 Å². The maximum Gasteiger partial charge on any atom is 0.331 e. The Morgan fingerprint density at radius 3 is 2.00 bits per heavy atom. The largest absolute Gasteiger partial charge is 0.457 e. The molecule has 0 saturated heterocycles. The summed E-state index contributed by atoms with van der Waals surface area (Å²) < 4.78 is 12.0. The van der Waals surface area contributed by atoms with Crippen molar-refractivity contribution in [2.75, 3.05) is 6.61 Å². The molecule has 0 aliphatic rings. The number of nitrogens with zero attached hydrogens (tertiary/aromatic N) is 1. The zero-order chi connectivity index (χ0) is 27.9. The Hall–Kier alpha value is -2.41. The molecule has 0 saturated carbocycles. The fourth-order valence-corrected chi connectivity index (χ4v) is 4.63. The van der Waals surface area contributed by atoms with Gasteiger partial charge in [-0.2, -0.15) is 0 Å². The van der Waals surface area contributed by atoms with Crippen LogP contribution >= 0.6 is 11.6 Å². The number of halogens is 1. The highest BCUT2D eigenvalue weighted by Gasteiger charge is 2.38. The SMILES string of the molecule is CC(C)(C)OC(=O)/C=C/C(CO[Si](C)(C)C(C)(C)C)N(Cc1ccccc1)C(=O)C(Cl)c1ccccc1. The van der Waals surface area contributed by atoms with E-state index in [0.29, 0.717) is 12.1 Å². The highest BCUT2D eigenvalue weighted by atomic mass is 35.5. The molecule has 0 heterocycles.